The monoisotopic (exact) mass is 327 g/mol. The van der Waals surface area contributed by atoms with Crippen LogP contribution in [0, 0.1) is 0 Å². The normalized spacial score (nSPS) is 15.2. The van der Waals surface area contributed by atoms with Crippen molar-refractivity contribution in [2.24, 2.45) is 5.73 Å². The fourth-order valence-corrected chi connectivity index (χ4v) is 10.6. The average molecular weight is 328 g/mol. The van der Waals surface area contributed by atoms with Crippen LogP contribution in [0.5, 0.6) is 0 Å². The van der Waals surface area contributed by atoms with E-state index in [1.54, 1.807) is 0 Å². The first-order valence-electron chi connectivity index (χ1n) is 8.33. The molecular formula is C20H29NOSi. The van der Waals surface area contributed by atoms with Gasteiger partial charge in [-0.15, -0.1) is 0 Å². The topological polar surface area (TPSA) is 46.2 Å². The van der Waals surface area contributed by atoms with Gasteiger partial charge in [0, 0.05) is 18.2 Å². The molecule has 0 saturated heterocycles. The summed E-state index contributed by atoms with van der Waals surface area (Å²) < 4.78 is 0. The van der Waals surface area contributed by atoms with Gasteiger partial charge in [0.05, 0.1) is 0 Å². The van der Waals surface area contributed by atoms with Crippen LogP contribution in [0.3, 0.4) is 0 Å². The first-order chi connectivity index (χ1) is 10.9. The fourth-order valence-electron chi connectivity index (χ4n) is 4.12. The van der Waals surface area contributed by atoms with Crippen LogP contribution in [0.15, 0.2) is 60.7 Å². The lowest BCUT2D eigenvalue weighted by molar-refractivity contribution is 0.273. The van der Waals surface area contributed by atoms with Crippen LogP contribution < -0.4 is 16.1 Å². The number of hydrogen-bond acceptors (Lipinski definition) is 2. The van der Waals surface area contributed by atoms with Crippen LogP contribution in [-0.2, 0) is 0 Å². The molecular weight excluding hydrogens is 298 g/mol. The van der Waals surface area contributed by atoms with E-state index >= 15 is 0 Å². The average Bonchev–Trinajstić information content (AvgIpc) is 2.52. The zero-order valence-electron chi connectivity index (χ0n) is 14.7. The van der Waals surface area contributed by atoms with Crippen LogP contribution in [0.25, 0.3) is 0 Å². The minimum Gasteiger partial charge on any atom is -0.396 e. The van der Waals surface area contributed by atoms with Crippen molar-refractivity contribution in [1.29, 1.82) is 0 Å². The third kappa shape index (κ3) is 3.14. The summed E-state index contributed by atoms with van der Waals surface area (Å²) in [7, 11) is -2.32. The molecule has 0 aromatic heterocycles. The Morgan fingerprint density at radius 1 is 0.913 bits per heavy atom. The Balaban J connectivity index is 2.85. The summed E-state index contributed by atoms with van der Waals surface area (Å²) in [5.41, 5.74) is 6.44. The van der Waals surface area contributed by atoms with Crippen molar-refractivity contribution < 1.29 is 5.11 Å². The third-order valence-electron chi connectivity index (χ3n) is 5.03. The highest BCUT2D eigenvalue weighted by Gasteiger charge is 2.53. The summed E-state index contributed by atoms with van der Waals surface area (Å²) in [6, 6.07) is 21.3. The quantitative estimate of drug-likeness (QED) is 0.830. The molecule has 0 saturated carbocycles. The van der Waals surface area contributed by atoms with Gasteiger partial charge in [-0.3, -0.25) is 0 Å². The molecule has 0 aliphatic carbocycles. The second-order valence-corrected chi connectivity index (χ2v) is 12.5. The van der Waals surface area contributed by atoms with Gasteiger partial charge in [0.15, 0.2) is 0 Å². The number of aliphatic hydroxyl groups excluding tert-OH is 1. The van der Waals surface area contributed by atoms with E-state index in [1.807, 2.05) is 6.92 Å². The molecule has 0 spiro atoms. The van der Waals surface area contributed by atoms with Gasteiger partial charge in [0.1, 0.15) is 8.07 Å². The summed E-state index contributed by atoms with van der Waals surface area (Å²) in [6.45, 7) is 9.03. The first kappa shape index (κ1) is 17.9. The van der Waals surface area contributed by atoms with Gasteiger partial charge in [-0.1, -0.05) is 91.8 Å². The van der Waals surface area contributed by atoms with Crippen LogP contribution in [0.2, 0.25) is 10.6 Å². The lowest BCUT2D eigenvalue weighted by Crippen LogP contribution is -2.70. The van der Waals surface area contributed by atoms with Crippen molar-refractivity contribution in [2.45, 2.75) is 44.3 Å². The van der Waals surface area contributed by atoms with Crippen molar-refractivity contribution in [3.05, 3.63) is 60.7 Å². The van der Waals surface area contributed by atoms with Crippen molar-refractivity contribution >= 4 is 18.4 Å². The molecule has 0 aliphatic rings. The zero-order valence-corrected chi connectivity index (χ0v) is 15.7. The fraction of sp³-hybridized carbons (Fsp3) is 0.400. The number of rotatable bonds is 5. The summed E-state index contributed by atoms with van der Waals surface area (Å²) in [5.74, 6) is 0. The third-order valence-corrected chi connectivity index (χ3v) is 11.7. The predicted octanol–water partition coefficient (Wildman–Crippen LogP) is 2.76. The van der Waals surface area contributed by atoms with Crippen molar-refractivity contribution in [3.8, 4) is 0 Å². The van der Waals surface area contributed by atoms with E-state index in [-0.39, 0.29) is 23.2 Å². The van der Waals surface area contributed by atoms with Gasteiger partial charge in [-0.2, -0.15) is 0 Å². The maximum Gasteiger partial charge on any atom is 0.130 e. The van der Waals surface area contributed by atoms with Gasteiger partial charge >= 0.3 is 0 Å². The van der Waals surface area contributed by atoms with Crippen LogP contribution >= 0.6 is 0 Å². The number of benzene rings is 2. The van der Waals surface area contributed by atoms with Gasteiger partial charge < -0.3 is 10.8 Å². The smallest absolute Gasteiger partial charge is 0.130 e. The molecule has 0 bridgehead atoms. The van der Waals surface area contributed by atoms with E-state index in [4.69, 9.17) is 5.73 Å². The summed E-state index contributed by atoms with van der Waals surface area (Å²) >= 11 is 0. The largest absolute Gasteiger partial charge is 0.396 e. The Labute approximate surface area is 141 Å². The van der Waals surface area contributed by atoms with E-state index < -0.39 is 8.07 Å². The Kier molecular flexibility index (Phi) is 5.45. The number of hydrogen-bond donors (Lipinski definition) is 2. The summed E-state index contributed by atoms with van der Waals surface area (Å²) in [5, 5.41) is 13.0. The minimum absolute atomic E-state index is 0.0245. The summed E-state index contributed by atoms with van der Waals surface area (Å²) in [4.78, 5) is 0. The highest BCUT2D eigenvalue weighted by atomic mass is 28.3. The van der Waals surface area contributed by atoms with Crippen LogP contribution in [-0.4, -0.2) is 25.8 Å². The van der Waals surface area contributed by atoms with Crippen molar-refractivity contribution in [2.75, 3.05) is 6.61 Å². The van der Waals surface area contributed by atoms with E-state index in [0.717, 1.165) is 0 Å². The van der Waals surface area contributed by atoms with Gasteiger partial charge in [-0.05, 0) is 12.0 Å². The standard InChI is InChI=1S/C20H29NOSi/c1-16(21)19(15-22)23(20(2,3)4,17-11-7-5-8-12-17)18-13-9-6-10-14-18/h5-14,16,19,22H,15,21H2,1-4H3. The Morgan fingerprint density at radius 2 is 1.30 bits per heavy atom. The molecule has 0 aliphatic heterocycles. The Morgan fingerprint density at radius 3 is 1.57 bits per heavy atom. The predicted molar refractivity (Wildman–Crippen MR) is 102 cm³/mol. The Hall–Kier alpha value is -1.42. The molecule has 2 rings (SSSR count). The molecule has 3 heteroatoms. The second kappa shape index (κ2) is 6.99. The number of nitrogens with two attached hydrogens (primary N) is 1. The molecule has 2 atom stereocenters. The molecule has 0 fully saturated rings. The van der Waals surface area contributed by atoms with Crippen molar-refractivity contribution in [3.63, 3.8) is 0 Å². The maximum absolute atomic E-state index is 10.3. The molecule has 0 heterocycles. The molecule has 23 heavy (non-hydrogen) atoms. The molecule has 0 amide bonds. The highest BCUT2D eigenvalue weighted by molar-refractivity contribution is 7.05. The number of aliphatic hydroxyl groups is 1. The first-order valence-corrected chi connectivity index (χ1v) is 10.4. The Bertz CT molecular complexity index is 565. The maximum atomic E-state index is 10.3. The summed E-state index contributed by atoms with van der Waals surface area (Å²) in [6.07, 6.45) is 0. The SMILES string of the molecule is CC(N)C(CO)[Si](c1ccccc1)(c1ccccc1)C(C)(C)C. The van der Waals surface area contributed by atoms with E-state index in [2.05, 4.69) is 81.4 Å². The van der Waals surface area contributed by atoms with Gasteiger partial charge in [-0.25, -0.2) is 0 Å². The van der Waals surface area contributed by atoms with Gasteiger partial charge in [0.25, 0.3) is 0 Å². The lowest BCUT2D eigenvalue weighted by atomic mass is 10.2. The molecule has 2 aromatic rings. The van der Waals surface area contributed by atoms with Gasteiger partial charge in [0.2, 0.25) is 0 Å². The molecule has 124 valence electrons. The molecule has 0 radical (unpaired) electrons. The molecule has 2 unspecified atom stereocenters. The van der Waals surface area contributed by atoms with Crippen LogP contribution in [0.1, 0.15) is 27.7 Å². The van der Waals surface area contributed by atoms with E-state index in [0.29, 0.717) is 0 Å². The van der Waals surface area contributed by atoms with E-state index in [1.165, 1.54) is 10.4 Å². The highest BCUT2D eigenvalue weighted by Crippen LogP contribution is 2.44. The van der Waals surface area contributed by atoms with Crippen molar-refractivity contribution in [1.82, 2.24) is 0 Å². The minimum atomic E-state index is -2.32. The second-order valence-electron chi connectivity index (χ2n) is 7.44. The molecule has 3 N–H and O–H groups in total. The van der Waals surface area contributed by atoms with E-state index in [9.17, 15) is 5.11 Å². The van der Waals surface area contributed by atoms with Crippen LogP contribution in [0.4, 0.5) is 0 Å². The lowest BCUT2D eigenvalue weighted by Gasteiger charge is -2.50. The molecule has 2 nitrogen and oxygen atoms in total. The molecule has 2 aromatic carbocycles. The zero-order chi connectivity index (χ0) is 17.1.